The Bertz CT molecular complexity index is 425. The highest BCUT2D eigenvalue weighted by Crippen LogP contribution is 2.15. The van der Waals surface area contributed by atoms with Crippen LogP contribution in [-0.4, -0.2) is 16.7 Å². The van der Waals surface area contributed by atoms with Crippen LogP contribution in [0.2, 0.25) is 0 Å². The van der Waals surface area contributed by atoms with Crippen molar-refractivity contribution in [3.8, 4) is 11.5 Å². The number of rotatable bonds is 4. The van der Waals surface area contributed by atoms with Gasteiger partial charge in [0, 0.05) is 18.3 Å². The van der Waals surface area contributed by atoms with Crippen LogP contribution >= 0.6 is 0 Å². The second kappa shape index (κ2) is 5.16. The average Bonchev–Trinajstić information content (AvgIpc) is 2.33. The van der Waals surface area contributed by atoms with Gasteiger partial charge in [-0.2, -0.15) is 0 Å². The molecular weight excluding hydrogens is 202 g/mol. The molecule has 0 saturated heterocycles. The molecule has 2 aromatic rings. The second-order valence-corrected chi connectivity index (χ2v) is 3.41. The summed E-state index contributed by atoms with van der Waals surface area (Å²) in [5, 5.41) is 9.09. The molecule has 1 aromatic carbocycles. The molecule has 1 heterocycles. The molecule has 1 N–H and O–H groups in total. The Labute approximate surface area is 94.3 Å². The lowest BCUT2D eigenvalue weighted by atomic mass is 10.3. The van der Waals surface area contributed by atoms with E-state index in [1.165, 1.54) is 0 Å². The number of hydrogen-bond donors (Lipinski definition) is 1. The lowest BCUT2D eigenvalue weighted by Gasteiger charge is -2.05. The van der Waals surface area contributed by atoms with E-state index in [1.54, 1.807) is 30.5 Å². The lowest BCUT2D eigenvalue weighted by molar-refractivity contribution is 0.320. The molecule has 16 heavy (non-hydrogen) atoms. The van der Waals surface area contributed by atoms with Crippen molar-refractivity contribution < 1.29 is 9.84 Å². The summed E-state index contributed by atoms with van der Waals surface area (Å²) in [4.78, 5) is 4.20. The number of benzene rings is 1. The van der Waals surface area contributed by atoms with Crippen LogP contribution in [0.1, 0.15) is 5.69 Å². The van der Waals surface area contributed by atoms with Gasteiger partial charge >= 0.3 is 0 Å². The molecule has 3 nitrogen and oxygen atoms in total. The number of ether oxygens (including phenoxy) is 1. The van der Waals surface area contributed by atoms with Gasteiger partial charge in [-0.1, -0.05) is 6.07 Å². The van der Waals surface area contributed by atoms with Gasteiger partial charge in [0.25, 0.3) is 0 Å². The fraction of sp³-hybridized carbons (Fsp3) is 0.154. The predicted octanol–water partition coefficient (Wildman–Crippen LogP) is 2.41. The van der Waals surface area contributed by atoms with Crippen LogP contribution in [0.15, 0.2) is 48.7 Å². The van der Waals surface area contributed by atoms with Crippen molar-refractivity contribution >= 4 is 0 Å². The maximum atomic E-state index is 9.09. The number of aromatic hydroxyl groups is 1. The Hall–Kier alpha value is -2.03. The van der Waals surface area contributed by atoms with Crippen molar-refractivity contribution in [1.29, 1.82) is 0 Å². The van der Waals surface area contributed by atoms with Crippen LogP contribution in [0.5, 0.6) is 11.5 Å². The molecule has 0 bridgehead atoms. The quantitative estimate of drug-likeness (QED) is 0.851. The molecule has 0 fully saturated rings. The molecule has 1 aromatic heterocycles. The van der Waals surface area contributed by atoms with E-state index in [9.17, 15) is 0 Å². The fourth-order valence-corrected chi connectivity index (χ4v) is 1.36. The molecule has 3 heteroatoms. The number of hydrogen-bond acceptors (Lipinski definition) is 3. The van der Waals surface area contributed by atoms with E-state index in [4.69, 9.17) is 9.84 Å². The summed E-state index contributed by atoms with van der Waals surface area (Å²) >= 11 is 0. The Kier molecular flexibility index (Phi) is 3.38. The first-order valence-corrected chi connectivity index (χ1v) is 5.16. The maximum absolute atomic E-state index is 9.09. The number of pyridine rings is 1. The van der Waals surface area contributed by atoms with Crippen molar-refractivity contribution in [3.63, 3.8) is 0 Å². The van der Waals surface area contributed by atoms with Gasteiger partial charge in [-0.15, -0.1) is 0 Å². The first kappa shape index (κ1) is 10.5. The van der Waals surface area contributed by atoms with Crippen LogP contribution in [0.4, 0.5) is 0 Å². The van der Waals surface area contributed by atoms with Crippen LogP contribution in [0.25, 0.3) is 0 Å². The highest BCUT2D eigenvalue weighted by molar-refractivity contribution is 5.30. The molecule has 0 unspecified atom stereocenters. The molecule has 0 atom stereocenters. The largest absolute Gasteiger partial charge is 0.508 e. The summed E-state index contributed by atoms with van der Waals surface area (Å²) in [6.45, 7) is 0.585. The zero-order chi connectivity index (χ0) is 11.2. The van der Waals surface area contributed by atoms with Crippen molar-refractivity contribution in [2.45, 2.75) is 6.42 Å². The molecule has 0 spiro atoms. The minimum atomic E-state index is 0.247. The van der Waals surface area contributed by atoms with Gasteiger partial charge in [0.2, 0.25) is 0 Å². The Morgan fingerprint density at radius 1 is 1.06 bits per heavy atom. The average molecular weight is 215 g/mol. The van der Waals surface area contributed by atoms with Crippen molar-refractivity contribution in [3.05, 3.63) is 54.4 Å². The molecular formula is C13H13NO2. The maximum Gasteiger partial charge on any atom is 0.119 e. The van der Waals surface area contributed by atoms with Crippen molar-refractivity contribution in [1.82, 2.24) is 4.98 Å². The third kappa shape index (κ3) is 2.98. The van der Waals surface area contributed by atoms with Crippen molar-refractivity contribution in [2.24, 2.45) is 0 Å². The van der Waals surface area contributed by atoms with E-state index in [1.807, 2.05) is 18.2 Å². The zero-order valence-electron chi connectivity index (χ0n) is 8.84. The molecule has 0 aliphatic rings. The number of phenols is 1. The minimum absolute atomic E-state index is 0.247. The number of nitrogens with zero attached hydrogens (tertiary/aromatic N) is 1. The molecule has 82 valence electrons. The topological polar surface area (TPSA) is 42.4 Å². The first-order chi connectivity index (χ1) is 7.84. The summed E-state index contributed by atoms with van der Waals surface area (Å²) in [5.74, 6) is 1.01. The Morgan fingerprint density at radius 2 is 1.88 bits per heavy atom. The summed E-state index contributed by atoms with van der Waals surface area (Å²) in [5.41, 5.74) is 1.02. The monoisotopic (exact) mass is 215 g/mol. The van der Waals surface area contributed by atoms with E-state index in [2.05, 4.69) is 4.98 Å². The normalized spacial score (nSPS) is 10.0. The van der Waals surface area contributed by atoms with Gasteiger partial charge in [0.1, 0.15) is 11.5 Å². The van der Waals surface area contributed by atoms with E-state index >= 15 is 0 Å². The standard InChI is InChI=1S/C13H13NO2/c15-12-4-6-13(7-5-12)16-10-8-11-3-1-2-9-14-11/h1-7,9,15H,8,10H2. The SMILES string of the molecule is Oc1ccc(OCCc2ccccn2)cc1. The third-order valence-electron chi connectivity index (χ3n) is 2.19. The zero-order valence-corrected chi connectivity index (χ0v) is 8.84. The first-order valence-electron chi connectivity index (χ1n) is 5.16. The minimum Gasteiger partial charge on any atom is -0.508 e. The van der Waals surface area contributed by atoms with Gasteiger partial charge in [-0.25, -0.2) is 0 Å². The molecule has 0 saturated carbocycles. The van der Waals surface area contributed by atoms with Gasteiger partial charge in [-0.3, -0.25) is 4.98 Å². The van der Waals surface area contributed by atoms with E-state index in [0.717, 1.165) is 17.9 Å². The highest BCUT2D eigenvalue weighted by atomic mass is 16.5. The van der Waals surface area contributed by atoms with E-state index in [-0.39, 0.29) is 5.75 Å². The van der Waals surface area contributed by atoms with Crippen molar-refractivity contribution in [2.75, 3.05) is 6.61 Å². The lowest BCUT2D eigenvalue weighted by Crippen LogP contribution is -2.02. The van der Waals surface area contributed by atoms with Crippen LogP contribution in [0.3, 0.4) is 0 Å². The number of phenolic OH excluding ortho intramolecular Hbond substituents is 1. The molecule has 2 rings (SSSR count). The van der Waals surface area contributed by atoms with Gasteiger partial charge in [0.05, 0.1) is 6.61 Å². The summed E-state index contributed by atoms with van der Waals surface area (Å²) in [6.07, 6.45) is 2.55. The van der Waals surface area contributed by atoms with Crippen LogP contribution in [0, 0.1) is 0 Å². The Balaban J connectivity index is 1.82. The Morgan fingerprint density at radius 3 is 2.56 bits per heavy atom. The molecule has 0 amide bonds. The van der Waals surface area contributed by atoms with E-state index < -0.39 is 0 Å². The summed E-state index contributed by atoms with van der Waals surface area (Å²) in [6, 6.07) is 12.5. The highest BCUT2D eigenvalue weighted by Gasteiger charge is 1.96. The van der Waals surface area contributed by atoms with Crippen LogP contribution in [-0.2, 0) is 6.42 Å². The van der Waals surface area contributed by atoms with Gasteiger partial charge < -0.3 is 9.84 Å². The summed E-state index contributed by atoms with van der Waals surface area (Å²) < 4.78 is 5.51. The fourth-order valence-electron chi connectivity index (χ4n) is 1.36. The second-order valence-electron chi connectivity index (χ2n) is 3.41. The number of aromatic nitrogens is 1. The van der Waals surface area contributed by atoms with Crippen LogP contribution < -0.4 is 4.74 Å². The summed E-state index contributed by atoms with van der Waals surface area (Å²) in [7, 11) is 0. The van der Waals surface area contributed by atoms with Gasteiger partial charge in [-0.05, 0) is 36.4 Å². The molecule has 0 radical (unpaired) electrons. The van der Waals surface area contributed by atoms with E-state index in [0.29, 0.717) is 6.61 Å². The molecule has 0 aliphatic heterocycles. The third-order valence-corrected chi connectivity index (χ3v) is 2.19. The smallest absolute Gasteiger partial charge is 0.119 e. The molecule has 0 aliphatic carbocycles. The van der Waals surface area contributed by atoms with Gasteiger partial charge in [0.15, 0.2) is 0 Å². The predicted molar refractivity (Wildman–Crippen MR) is 61.5 cm³/mol.